The molecule has 0 fully saturated rings. The molecule has 0 amide bonds. The minimum absolute atomic E-state index is 0.360. The summed E-state index contributed by atoms with van der Waals surface area (Å²) in [5.74, 6) is 0.943. The topological polar surface area (TPSA) is 48.4 Å². The van der Waals surface area contributed by atoms with Crippen LogP contribution in [0, 0.1) is 0 Å². The minimum Gasteiger partial charge on any atom is -0.493 e. The summed E-state index contributed by atoms with van der Waals surface area (Å²) in [4.78, 5) is 15.9. The Kier molecular flexibility index (Phi) is 5.09. The van der Waals surface area contributed by atoms with Crippen molar-refractivity contribution < 1.29 is 14.3 Å². The Balaban J connectivity index is 1.95. The Labute approximate surface area is 146 Å². The summed E-state index contributed by atoms with van der Waals surface area (Å²) in [7, 11) is 0. The number of carbonyl (C=O) groups is 1. The molecule has 0 aliphatic rings. The van der Waals surface area contributed by atoms with E-state index in [4.69, 9.17) is 9.47 Å². The number of hydrogen-bond acceptors (Lipinski definition) is 4. The molecule has 0 saturated carbocycles. The van der Waals surface area contributed by atoms with Crippen molar-refractivity contribution in [2.45, 2.75) is 13.8 Å². The van der Waals surface area contributed by atoms with E-state index in [1.54, 1.807) is 6.07 Å². The summed E-state index contributed by atoms with van der Waals surface area (Å²) in [5.41, 5.74) is 2.43. The van der Waals surface area contributed by atoms with E-state index in [9.17, 15) is 4.79 Å². The summed E-state index contributed by atoms with van der Waals surface area (Å²) in [6.07, 6.45) is 3.88. The third-order valence-corrected chi connectivity index (χ3v) is 3.61. The first-order valence-corrected chi connectivity index (χ1v) is 8.15. The second-order valence-electron chi connectivity index (χ2n) is 5.46. The van der Waals surface area contributed by atoms with Gasteiger partial charge in [0.2, 0.25) is 0 Å². The van der Waals surface area contributed by atoms with Crippen molar-refractivity contribution in [1.82, 2.24) is 4.98 Å². The highest BCUT2D eigenvalue weighted by Gasteiger charge is 2.06. The molecule has 1 aromatic heterocycles. The molecule has 4 heteroatoms. The molecule has 3 aromatic rings. The van der Waals surface area contributed by atoms with E-state index in [-0.39, 0.29) is 5.97 Å². The van der Waals surface area contributed by atoms with E-state index in [2.05, 4.69) is 4.98 Å². The third-order valence-electron chi connectivity index (χ3n) is 3.61. The average Bonchev–Trinajstić information content (AvgIpc) is 2.61. The summed E-state index contributed by atoms with van der Waals surface area (Å²) in [6, 6.07) is 17.3. The lowest BCUT2D eigenvalue weighted by molar-refractivity contribution is -0.131. The number of pyridine rings is 1. The van der Waals surface area contributed by atoms with E-state index in [1.165, 1.54) is 6.92 Å². The van der Waals surface area contributed by atoms with Crippen LogP contribution in [-0.2, 0) is 4.79 Å². The van der Waals surface area contributed by atoms with Crippen LogP contribution in [0.25, 0.3) is 23.1 Å². The van der Waals surface area contributed by atoms with Crippen LogP contribution in [-0.4, -0.2) is 17.6 Å². The molecule has 0 aliphatic heterocycles. The molecular formula is C21H19NO3. The molecule has 2 aromatic carbocycles. The first kappa shape index (κ1) is 16.7. The fraction of sp³-hybridized carbons (Fsp3) is 0.143. The van der Waals surface area contributed by atoms with E-state index in [1.807, 2.05) is 67.6 Å². The number of esters is 1. The van der Waals surface area contributed by atoms with Gasteiger partial charge in [0.1, 0.15) is 11.3 Å². The molecule has 0 radical (unpaired) electrons. The fourth-order valence-corrected chi connectivity index (χ4v) is 2.55. The van der Waals surface area contributed by atoms with Crippen molar-refractivity contribution >= 4 is 29.0 Å². The van der Waals surface area contributed by atoms with Gasteiger partial charge < -0.3 is 9.47 Å². The van der Waals surface area contributed by atoms with Crippen molar-refractivity contribution in [2.75, 3.05) is 6.61 Å². The van der Waals surface area contributed by atoms with Gasteiger partial charge in [-0.05, 0) is 37.3 Å². The quantitative estimate of drug-likeness (QED) is 0.500. The maximum absolute atomic E-state index is 11.3. The molecule has 0 saturated heterocycles. The predicted molar refractivity (Wildman–Crippen MR) is 99.6 cm³/mol. The SMILES string of the molecule is CCOc1ccccc1/C=C/c1ccc2cccc(OC(C)=O)c2n1. The highest BCUT2D eigenvalue weighted by molar-refractivity contribution is 5.88. The maximum Gasteiger partial charge on any atom is 0.308 e. The van der Waals surface area contributed by atoms with Gasteiger partial charge in [-0.2, -0.15) is 0 Å². The molecule has 0 N–H and O–H groups in total. The van der Waals surface area contributed by atoms with E-state index in [0.717, 1.165) is 22.4 Å². The van der Waals surface area contributed by atoms with Crippen LogP contribution >= 0.6 is 0 Å². The number of hydrogen-bond donors (Lipinski definition) is 0. The molecule has 3 rings (SSSR count). The number of fused-ring (bicyclic) bond motifs is 1. The van der Waals surface area contributed by atoms with Crippen LogP contribution in [0.5, 0.6) is 11.5 Å². The average molecular weight is 333 g/mol. The Bertz CT molecular complexity index is 931. The number of benzene rings is 2. The van der Waals surface area contributed by atoms with E-state index < -0.39 is 0 Å². The van der Waals surface area contributed by atoms with Gasteiger partial charge in [-0.1, -0.05) is 36.4 Å². The van der Waals surface area contributed by atoms with Crippen LogP contribution in [0.1, 0.15) is 25.1 Å². The van der Waals surface area contributed by atoms with Gasteiger partial charge in [0.15, 0.2) is 5.75 Å². The van der Waals surface area contributed by atoms with Gasteiger partial charge >= 0.3 is 5.97 Å². The Morgan fingerprint density at radius 3 is 2.60 bits per heavy atom. The molecule has 126 valence electrons. The number of rotatable bonds is 5. The second-order valence-corrected chi connectivity index (χ2v) is 5.46. The summed E-state index contributed by atoms with van der Waals surface area (Å²) in [6.45, 7) is 3.96. The van der Waals surface area contributed by atoms with Crippen LogP contribution in [0.4, 0.5) is 0 Å². The van der Waals surface area contributed by atoms with E-state index >= 15 is 0 Å². The first-order chi connectivity index (χ1) is 12.2. The molecule has 4 nitrogen and oxygen atoms in total. The molecular weight excluding hydrogens is 314 g/mol. The number of para-hydroxylation sites is 2. The first-order valence-electron chi connectivity index (χ1n) is 8.15. The zero-order valence-electron chi connectivity index (χ0n) is 14.2. The molecule has 0 spiro atoms. The smallest absolute Gasteiger partial charge is 0.308 e. The summed E-state index contributed by atoms with van der Waals surface area (Å²) in [5, 5.41) is 0.922. The molecule has 0 bridgehead atoms. The van der Waals surface area contributed by atoms with Crippen molar-refractivity contribution in [2.24, 2.45) is 0 Å². The van der Waals surface area contributed by atoms with Crippen LogP contribution in [0.3, 0.4) is 0 Å². The van der Waals surface area contributed by atoms with Crippen LogP contribution in [0.15, 0.2) is 54.6 Å². The fourth-order valence-electron chi connectivity index (χ4n) is 2.55. The Morgan fingerprint density at radius 2 is 1.80 bits per heavy atom. The summed E-state index contributed by atoms with van der Waals surface area (Å²) < 4.78 is 10.9. The Morgan fingerprint density at radius 1 is 1.00 bits per heavy atom. The van der Waals surface area contributed by atoms with Gasteiger partial charge in [-0.25, -0.2) is 4.98 Å². The maximum atomic E-state index is 11.3. The minimum atomic E-state index is -0.360. The molecule has 25 heavy (non-hydrogen) atoms. The lowest BCUT2D eigenvalue weighted by Crippen LogP contribution is -2.02. The zero-order chi connectivity index (χ0) is 17.6. The van der Waals surface area contributed by atoms with Crippen LogP contribution < -0.4 is 9.47 Å². The number of carbonyl (C=O) groups excluding carboxylic acids is 1. The lowest BCUT2D eigenvalue weighted by Gasteiger charge is -2.07. The lowest BCUT2D eigenvalue weighted by atomic mass is 10.1. The van der Waals surface area contributed by atoms with Crippen LogP contribution in [0.2, 0.25) is 0 Å². The number of nitrogens with zero attached hydrogens (tertiary/aromatic N) is 1. The Hall–Kier alpha value is -3.14. The molecule has 1 heterocycles. The number of ether oxygens (including phenoxy) is 2. The van der Waals surface area contributed by atoms with Gasteiger partial charge in [-0.15, -0.1) is 0 Å². The van der Waals surface area contributed by atoms with Crippen molar-refractivity contribution in [3.63, 3.8) is 0 Å². The second kappa shape index (κ2) is 7.62. The molecule has 0 unspecified atom stereocenters. The highest BCUT2D eigenvalue weighted by atomic mass is 16.5. The van der Waals surface area contributed by atoms with E-state index in [0.29, 0.717) is 17.9 Å². The number of aromatic nitrogens is 1. The third kappa shape index (κ3) is 4.04. The molecule has 0 aliphatic carbocycles. The normalized spacial score (nSPS) is 11.0. The van der Waals surface area contributed by atoms with Crippen molar-refractivity contribution in [3.05, 3.63) is 65.9 Å². The largest absolute Gasteiger partial charge is 0.493 e. The van der Waals surface area contributed by atoms with Gasteiger partial charge in [0.05, 0.1) is 12.3 Å². The molecule has 0 atom stereocenters. The van der Waals surface area contributed by atoms with Gasteiger partial charge in [-0.3, -0.25) is 4.79 Å². The monoisotopic (exact) mass is 333 g/mol. The zero-order valence-corrected chi connectivity index (χ0v) is 14.2. The van der Waals surface area contributed by atoms with Crippen molar-refractivity contribution in [1.29, 1.82) is 0 Å². The predicted octanol–water partition coefficient (Wildman–Crippen LogP) is 4.73. The van der Waals surface area contributed by atoms with Gasteiger partial charge in [0.25, 0.3) is 0 Å². The highest BCUT2D eigenvalue weighted by Crippen LogP contribution is 2.25. The summed E-state index contributed by atoms with van der Waals surface area (Å²) >= 11 is 0. The van der Waals surface area contributed by atoms with Gasteiger partial charge in [0, 0.05) is 17.9 Å². The van der Waals surface area contributed by atoms with Crippen molar-refractivity contribution in [3.8, 4) is 11.5 Å². The standard InChI is InChI=1S/C21H19NO3/c1-3-24-19-9-5-4-7-16(19)11-13-18-14-12-17-8-6-10-20(21(17)22-18)25-15(2)23/h4-14H,3H2,1-2H3/b13-11+.